The number of halogens is 2. The number of hydrogen-bond acceptors (Lipinski definition) is 2. The number of rotatable bonds is 1. The van der Waals surface area contributed by atoms with Crippen LogP contribution in [0.5, 0.6) is 0 Å². The molecule has 2 heterocycles. The van der Waals surface area contributed by atoms with E-state index in [2.05, 4.69) is 30.5 Å². The summed E-state index contributed by atoms with van der Waals surface area (Å²) in [5.74, 6) is 0. The highest BCUT2D eigenvalue weighted by molar-refractivity contribution is 9.10. The van der Waals surface area contributed by atoms with E-state index in [4.69, 9.17) is 11.6 Å². The minimum Gasteiger partial charge on any atom is -0.317 e. The Hall–Kier alpha value is -0.610. The first-order chi connectivity index (χ1) is 7.25. The van der Waals surface area contributed by atoms with Crippen LogP contribution in [0.25, 0.3) is 11.0 Å². The maximum atomic E-state index is 5.81. The second-order valence-electron chi connectivity index (χ2n) is 3.84. The standard InChI is InChI=1S/C10H9BrClN3/c11-8-4-6-5-13-10(12)14-9(6)15(8)7-2-1-3-7/h4-5,7H,1-3H2. The molecule has 1 aliphatic carbocycles. The predicted molar refractivity (Wildman–Crippen MR) is 63.1 cm³/mol. The molecule has 1 saturated carbocycles. The van der Waals surface area contributed by atoms with Crippen molar-refractivity contribution in [1.29, 1.82) is 0 Å². The number of nitrogens with zero attached hydrogens (tertiary/aromatic N) is 3. The van der Waals surface area contributed by atoms with Crippen LogP contribution in [-0.4, -0.2) is 14.5 Å². The highest BCUT2D eigenvalue weighted by Crippen LogP contribution is 2.37. The molecule has 0 aromatic carbocycles. The Morgan fingerprint density at radius 3 is 2.93 bits per heavy atom. The van der Waals surface area contributed by atoms with Crippen LogP contribution < -0.4 is 0 Å². The lowest BCUT2D eigenvalue weighted by Gasteiger charge is -2.28. The van der Waals surface area contributed by atoms with Gasteiger partial charge in [0.2, 0.25) is 5.28 Å². The van der Waals surface area contributed by atoms with Crippen LogP contribution in [0.15, 0.2) is 16.9 Å². The molecule has 3 nitrogen and oxygen atoms in total. The van der Waals surface area contributed by atoms with Crippen LogP contribution in [0.2, 0.25) is 5.28 Å². The summed E-state index contributed by atoms with van der Waals surface area (Å²) >= 11 is 9.38. The quantitative estimate of drug-likeness (QED) is 0.750. The summed E-state index contributed by atoms with van der Waals surface area (Å²) in [5, 5.41) is 1.35. The zero-order valence-electron chi connectivity index (χ0n) is 7.95. The Morgan fingerprint density at radius 2 is 2.27 bits per heavy atom. The van der Waals surface area contributed by atoms with Crippen molar-refractivity contribution in [3.63, 3.8) is 0 Å². The molecule has 0 spiro atoms. The van der Waals surface area contributed by atoms with Crippen molar-refractivity contribution in [3.05, 3.63) is 22.1 Å². The van der Waals surface area contributed by atoms with Crippen LogP contribution in [0, 0.1) is 0 Å². The predicted octanol–water partition coefficient (Wildman–Crippen LogP) is 3.57. The maximum Gasteiger partial charge on any atom is 0.224 e. The Bertz CT molecular complexity index is 519. The van der Waals surface area contributed by atoms with Gasteiger partial charge in [-0.25, -0.2) is 4.98 Å². The summed E-state index contributed by atoms with van der Waals surface area (Å²) in [5.41, 5.74) is 0.937. The zero-order chi connectivity index (χ0) is 10.4. The van der Waals surface area contributed by atoms with Crippen molar-refractivity contribution in [2.24, 2.45) is 0 Å². The summed E-state index contributed by atoms with van der Waals surface area (Å²) in [6, 6.07) is 2.62. The van der Waals surface area contributed by atoms with Crippen LogP contribution in [0.4, 0.5) is 0 Å². The normalized spacial score (nSPS) is 16.9. The highest BCUT2D eigenvalue weighted by atomic mass is 79.9. The summed E-state index contributed by atoms with van der Waals surface area (Å²) in [6.07, 6.45) is 5.52. The van der Waals surface area contributed by atoms with Gasteiger partial charge in [-0.2, -0.15) is 4.98 Å². The van der Waals surface area contributed by atoms with Crippen molar-refractivity contribution in [1.82, 2.24) is 14.5 Å². The fourth-order valence-corrected chi connectivity index (χ4v) is 2.78. The lowest BCUT2D eigenvalue weighted by molar-refractivity contribution is 0.316. The van der Waals surface area contributed by atoms with Gasteiger partial charge in [0.15, 0.2) is 0 Å². The van der Waals surface area contributed by atoms with Crippen LogP contribution in [-0.2, 0) is 0 Å². The van der Waals surface area contributed by atoms with Gasteiger partial charge in [0.1, 0.15) is 5.65 Å². The van der Waals surface area contributed by atoms with Gasteiger partial charge in [-0.1, -0.05) is 0 Å². The first kappa shape index (κ1) is 9.60. The van der Waals surface area contributed by atoms with Crippen LogP contribution in [0.1, 0.15) is 25.3 Å². The number of hydrogen-bond donors (Lipinski definition) is 0. The first-order valence-electron chi connectivity index (χ1n) is 4.94. The molecular formula is C10H9BrClN3. The Balaban J connectivity index is 2.25. The molecule has 0 radical (unpaired) electrons. The van der Waals surface area contributed by atoms with E-state index in [1.807, 2.05) is 6.07 Å². The van der Waals surface area contributed by atoms with E-state index >= 15 is 0 Å². The molecule has 0 N–H and O–H groups in total. The molecule has 5 heteroatoms. The van der Waals surface area contributed by atoms with Crippen LogP contribution in [0.3, 0.4) is 0 Å². The highest BCUT2D eigenvalue weighted by Gasteiger charge is 2.23. The van der Waals surface area contributed by atoms with E-state index in [0.717, 1.165) is 15.6 Å². The Kier molecular flexibility index (Phi) is 2.21. The van der Waals surface area contributed by atoms with Gasteiger partial charge in [-0.05, 0) is 52.9 Å². The molecule has 2 aromatic rings. The summed E-state index contributed by atoms with van der Waals surface area (Å²) in [6.45, 7) is 0. The van der Waals surface area contributed by atoms with Crippen molar-refractivity contribution >= 4 is 38.6 Å². The largest absolute Gasteiger partial charge is 0.317 e. The lowest BCUT2D eigenvalue weighted by Crippen LogP contribution is -2.17. The monoisotopic (exact) mass is 285 g/mol. The molecule has 2 aromatic heterocycles. The van der Waals surface area contributed by atoms with E-state index in [1.54, 1.807) is 6.20 Å². The van der Waals surface area contributed by atoms with E-state index in [9.17, 15) is 0 Å². The van der Waals surface area contributed by atoms with Gasteiger partial charge in [0, 0.05) is 17.6 Å². The number of fused-ring (bicyclic) bond motifs is 1. The third kappa shape index (κ3) is 1.47. The van der Waals surface area contributed by atoms with Crippen molar-refractivity contribution in [2.45, 2.75) is 25.3 Å². The second-order valence-corrected chi connectivity index (χ2v) is 4.99. The minimum absolute atomic E-state index is 0.314. The number of aromatic nitrogens is 3. The van der Waals surface area contributed by atoms with Crippen molar-refractivity contribution < 1.29 is 0 Å². The molecule has 0 unspecified atom stereocenters. The van der Waals surface area contributed by atoms with Gasteiger partial charge in [0.25, 0.3) is 0 Å². The molecule has 0 amide bonds. The average Bonchev–Trinajstić information content (AvgIpc) is 2.42. The fourth-order valence-electron chi connectivity index (χ4n) is 1.95. The third-order valence-corrected chi connectivity index (χ3v) is 3.73. The van der Waals surface area contributed by atoms with Gasteiger partial charge >= 0.3 is 0 Å². The molecule has 0 saturated heterocycles. The Labute approximate surface area is 101 Å². The molecule has 0 aliphatic heterocycles. The lowest BCUT2D eigenvalue weighted by atomic mass is 9.93. The molecule has 15 heavy (non-hydrogen) atoms. The summed E-state index contributed by atoms with van der Waals surface area (Å²) in [4.78, 5) is 8.27. The average molecular weight is 287 g/mol. The molecule has 1 fully saturated rings. The first-order valence-corrected chi connectivity index (χ1v) is 6.12. The molecule has 78 valence electrons. The summed E-state index contributed by atoms with van der Waals surface area (Å²) in [7, 11) is 0. The molecule has 3 rings (SSSR count). The molecular weight excluding hydrogens is 277 g/mol. The van der Waals surface area contributed by atoms with Gasteiger partial charge < -0.3 is 4.57 Å². The minimum atomic E-state index is 0.314. The van der Waals surface area contributed by atoms with Crippen LogP contribution >= 0.6 is 27.5 Å². The van der Waals surface area contributed by atoms with E-state index < -0.39 is 0 Å². The van der Waals surface area contributed by atoms with Crippen molar-refractivity contribution in [2.75, 3.05) is 0 Å². The second kappa shape index (κ2) is 3.46. The molecule has 1 aliphatic rings. The zero-order valence-corrected chi connectivity index (χ0v) is 10.3. The fraction of sp³-hybridized carbons (Fsp3) is 0.400. The van der Waals surface area contributed by atoms with Gasteiger partial charge in [0.05, 0.1) is 4.60 Å². The topological polar surface area (TPSA) is 30.7 Å². The summed E-state index contributed by atoms with van der Waals surface area (Å²) < 4.78 is 3.28. The van der Waals surface area contributed by atoms with Gasteiger partial charge in [-0.3, -0.25) is 0 Å². The Morgan fingerprint density at radius 1 is 1.47 bits per heavy atom. The maximum absolute atomic E-state index is 5.81. The van der Waals surface area contributed by atoms with E-state index in [-0.39, 0.29) is 0 Å². The SMILES string of the molecule is Clc1ncc2cc(Br)n(C3CCC3)c2n1. The van der Waals surface area contributed by atoms with E-state index in [0.29, 0.717) is 11.3 Å². The van der Waals surface area contributed by atoms with Crippen molar-refractivity contribution in [3.8, 4) is 0 Å². The molecule has 0 atom stereocenters. The van der Waals surface area contributed by atoms with E-state index in [1.165, 1.54) is 19.3 Å². The molecule has 0 bridgehead atoms. The third-order valence-electron chi connectivity index (χ3n) is 2.94. The smallest absolute Gasteiger partial charge is 0.224 e. The van der Waals surface area contributed by atoms with Gasteiger partial charge in [-0.15, -0.1) is 0 Å².